The Bertz CT molecular complexity index is 545. The third kappa shape index (κ3) is 1.66. The van der Waals surface area contributed by atoms with Gasteiger partial charge in [-0.3, -0.25) is 0 Å². The molecule has 4 heteroatoms. The van der Waals surface area contributed by atoms with Gasteiger partial charge in [-0.15, -0.1) is 0 Å². The predicted octanol–water partition coefficient (Wildman–Crippen LogP) is 3.38. The summed E-state index contributed by atoms with van der Waals surface area (Å²) in [6, 6.07) is 3.83. The Morgan fingerprint density at radius 1 is 1.50 bits per heavy atom. The van der Waals surface area contributed by atoms with Gasteiger partial charge in [0.25, 0.3) is 0 Å². The summed E-state index contributed by atoms with van der Waals surface area (Å²) in [4.78, 5) is 14.7. The molecule has 0 N–H and O–H groups in total. The Morgan fingerprint density at radius 3 is 2.89 bits per heavy atom. The van der Waals surface area contributed by atoms with Crippen LogP contribution in [0.15, 0.2) is 17.1 Å². The maximum atomic E-state index is 10.7. The van der Waals surface area contributed by atoms with Crippen molar-refractivity contribution in [2.24, 2.45) is 4.99 Å². The molecule has 1 aliphatic heterocycles. The lowest BCUT2D eigenvalue weighted by atomic mass is 9.71. The van der Waals surface area contributed by atoms with Crippen LogP contribution in [-0.4, -0.2) is 12.2 Å². The Kier molecular flexibility index (Phi) is 2.69. The lowest BCUT2D eigenvalue weighted by Gasteiger charge is -2.38. The first-order chi connectivity index (χ1) is 8.64. The first-order valence-corrected chi connectivity index (χ1v) is 6.61. The number of aliphatic imine (C=N–C) groups is 1. The summed E-state index contributed by atoms with van der Waals surface area (Å²) in [6.07, 6.45) is 5.54. The molecule has 0 saturated heterocycles. The highest BCUT2D eigenvalue weighted by Crippen LogP contribution is 2.51. The van der Waals surface area contributed by atoms with Crippen LogP contribution in [-0.2, 0) is 16.8 Å². The number of halogens is 1. The fourth-order valence-corrected chi connectivity index (χ4v) is 3.12. The van der Waals surface area contributed by atoms with E-state index in [9.17, 15) is 4.79 Å². The van der Waals surface area contributed by atoms with E-state index >= 15 is 0 Å². The van der Waals surface area contributed by atoms with Crippen LogP contribution in [0.2, 0.25) is 5.02 Å². The topological polar surface area (TPSA) is 38.7 Å². The Labute approximate surface area is 111 Å². The fourth-order valence-electron chi connectivity index (χ4n) is 2.88. The largest absolute Gasteiger partial charge is 0.490 e. The van der Waals surface area contributed by atoms with Gasteiger partial charge in [0.2, 0.25) is 6.08 Å². The van der Waals surface area contributed by atoms with Gasteiger partial charge in [-0.2, -0.15) is 4.99 Å². The normalized spacial score (nSPS) is 23.6. The lowest BCUT2D eigenvalue weighted by Crippen LogP contribution is -2.32. The molecule has 1 saturated carbocycles. The van der Waals surface area contributed by atoms with Crippen molar-refractivity contribution in [3.05, 3.63) is 28.3 Å². The molecule has 0 aromatic heterocycles. The number of ether oxygens (including phenoxy) is 1. The van der Waals surface area contributed by atoms with Gasteiger partial charge < -0.3 is 4.74 Å². The Balaban J connectivity index is 2.15. The van der Waals surface area contributed by atoms with Crippen LogP contribution >= 0.6 is 11.6 Å². The molecular formula is C14H14ClNO2. The summed E-state index contributed by atoms with van der Waals surface area (Å²) in [5.74, 6) is 0.880. The molecule has 0 amide bonds. The summed E-state index contributed by atoms with van der Waals surface area (Å²) >= 11 is 6.17. The minimum Gasteiger partial charge on any atom is -0.490 e. The van der Waals surface area contributed by atoms with Gasteiger partial charge in [0, 0.05) is 17.0 Å². The van der Waals surface area contributed by atoms with E-state index in [1.54, 1.807) is 6.08 Å². The highest BCUT2D eigenvalue weighted by molar-refractivity contribution is 6.30. The van der Waals surface area contributed by atoms with Gasteiger partial charge in [0.15, 0.2) is 0 Å². The zero-order chi connectivity index (χ0) is 12.8. The highest BCUT2D eigenvalue weighted by atomic mass is 35.5. The second kappa shape index (κ2) is 4.11. The smallest absolute Gasteiger partial charge is 0.235 e. The number of fused-ring (bicyclic) bond motifs is 1. The second-order valence-corrected chi connectivity index (χ2v) is 5.60. The SMILES string of the molecule is CC1Cc2cc(Cl)cc(C3(N=C=O)CCC3)c2O1. The van der Waals surface area contributed by atoms with E-state index in [-0.39, 0.29) is 6.10 Å². The zero-order valence-electron chi connectivity index (χ0n) is 10.2. The molecule has 1 aromatic rings. The molecule has 1 fully saturated rings. The van der Waals surface area contributed by atoms with Crippen LogP contribution in [0.25, 0.3) is 0 Å². The fraction of sp³-hybridized carbons (Fsp3) is 0.500. The molecule has 0 spiro atoms. The van der Waals surface area contributed by atoms with Crippen molar-refractivity contribution in [2.45, 2.75) is 44.2 Å². The van der Waals surface area contributed by atoms with E-state index in [2.05, 4.69) is 4.99 Å². The van der Waals surface area contributed by atoms with Crippen LogP contribution in [0.3, 0.4) is 0 Å². The van der Waals surface area contributed by atoms with Crippen molar-refractivity contribution in [2.75, 3.05) is 0 Å². The maximum absolute atomic E-state index is 10.7. The molecule has 1 heterocycles. The quantitative estimate of drug-likeness (QED) is 0.606. The molecule has 1 unspecified atom stereocenters. The summed E-state index contributed by atoms with van der Waals surface area (Å²) in [5.41, 5.74) is 1.64. The van der Waals surface area contributed by atoms with Gasteiger partial charge in [0.05, 0.1) is 0 Å². The molecule has 0 bridgehead atoms. The number of rotatable bonds is 2. The van der Waals surface area contributed by atoms with Gasteiger partial charge in [-0.25, -0.2) is 4.79 Å². The molecule has 1 aliphatic carbocycles. The van der Waals surface area contributed by atoms with E-state index in [4.69, 9.17) is 16.3 Å². The van der Waals surface area contributed by atoms with Crippen LogP contribution in [0.1, 0.15) is 37.3 Å². The molecule has 2 aliphatic rings. The van der Waals surface area contributed by atoms with Crippen molar-refractivity contribution in [1.82, 2.24) is 0 Å². The minimum absolute atomic E-state index is 0.162. The summed E-state index contributed by atoms with van der Waals surface area (Å²) in [5, 5.41) is 0.689. The molecular weight excluding hydrogens is 250 g/mol. The molecule has 94 valence electrons. The monoisotopic (exact) mass is 263 g/mol. The Hall–Kier alpha value is -1.31. The van der Waals surface area contributed by atoms with Crippen LogP contribution in [0, 0.1) is 0 Å². The average Bonchev–Trinajstić information content (AvgIpc) is 2.62. The third-order valence-electron chi connectivity index (χ3n) is 3.90. The van der Waals surface area contributed by atoms with Crippen LogP contribution in [0.5, 0.6) is 5.75 Å². The van der Waals surface area contributed by atoms with E-state index in [1.807, 2.05) is 19.1 Å². The van der Waals surface area contributed by atoms with E-state index in [0.717, 1.165) is 42.6 Å². The Morgan fingerprint density at radius 2 is 2.28 bits per heavy atom. The number of benzene rings is 1. The van der Waals surface area contributed by atoms with Crippen molar-refractivity contribution in [3.63, 3.8) is 0 Å². The standard InChI is InChI=1S/C14H14ClNO2/c1-9-5-10-6-11(15)7-12(13(10)18-9)14(16-8-17)3-2-4-14/h6-7,9H,2-5H2,1H3. The van der Waals surface area contributed by atoms with Crippen LogP contribution in [0.4, 0.5) is 0 Å². The van der Waals surface area contributed by atoms with E-state index in [1.165, 1.54) is 0 Å². The van der Waals surface area contributed by atoms with Gasteiger partial charge in [0.1, 0.15) is 17.4 Å². The second-order valence-electron chi connectivity index (χ2n) is 5.16. The van der Waals surface area contributed by atoms with Crippen molar-refractivity contribution in [1.29, 1.82) is 0 Å². The number of hydrogen-bond acceptors (Lipinski definition) is 3. The van der Waals surface area contributed by atoms with Crippen molar-refractivity contribution in [3.8, 4) is 5.75 Å². The van der Waals surface area contributed by atoms with E-state index < -0.39 is 5.54 Å². The van der Waals surface area contributed by atoms with Gasteiger partial charge >= 0.3 is 0 Å². The number of nitrogens with zero attached hydrogens (tertiary/aromatic N) is 1. The lowest BCUT2D eigenvalue weighted by molar-refractivity contribution is 0.221. The molecule has 3 rings (SSSR count). The summed E-state index contributed by atoms with van der Waals surface area (Å²) in [6.45, 7) is 2.04. The first kappa shape index (κ1) is 11.8. The van der Waals surface area contributed by atoms with Gasteiger partial charge in [-0.05, 0) is 43.9 Å². The van der Waals surface area contributed by atoms with Crippen molar-refractivity contribution < 1.29 is 9.53 Å². The number of isocyanates is 1. The first-order valence-electron chi connectivity index (χ1n) is 6.23. The van der Waals surface area contributed by atoms with Crippen LogP contribution < -0.4 is 4.74 Å². The average molecular weight is 264 g/mol. The molecule has 1 aromatic carbocycles. The number of carbonyl (C=O) groups excluding carboxylic acids is 1. The molecule has 0 radical (unpaired) electrons. The van der Waals surface area contributed by atoms with Crippen molar-refractivity contribution >= 4 is 17.7 Å². The maximum Gasteiger partial charge on any atom is 0.235 e. The molecule has 3 nitrogen and oxygen atoms in total. The molecule has 18 heavy (non-hydrogen) atoms. The molecule has 1 atom stereocenters. The summed E-state index contributed by atoms with van der Waals surface area (Å²) in [7, 11) is 0. The zero-order valence-corrected chi connectivity index (χ0v) is 11.0. The highest BCUT2D eigenvalue weighted by Gasteiger charge is 2.43. The number of hydrogen-bond donors (Lipinski definition) is 0. The summed E-state index contributed by atoms with van der Waals surface area (Å²) < 4.78 is 5.87. The third-order valence-corrected chi connectivity index (χ3v) is 4.12. The minimum atomic E-state index is -0.444. The van der Waals surface area contributed by atoms with Gasteiger partial charge in [-0.1, -0.05) is 11.6 Å². The van der Waals surface area contributed by atoms with E-state index in [0.29, 0.717) is 5.02 Å². The predicted molar refractivity (Wildman–Crippen MR) is 68.9 cm³/mol.